The number of hydrogen-bond acceptors (Lipinski definition) is 9. The molecule has 0 unspecified atom stereocenters. The normalized spacial score (nSPS) is 14.2. The van der Waals surface area contributed by atoms with Crippen LogP contribution in [0.25, 0.3) is 6.08 Å². The summed E-state index contributed by atoms with van der Waals surface area (Å²) in [5, 5.41) is 0. The average molecular weight is 712 g/mol. The molecular weight excluding hydrogens is 679 g/mol. The summed E-state index contributed by atoms with van der Waals surface area (Å²) in [5.41, 5.74) is 1.55. The Bertz CT molecular complexity index is 1970. The summed E-state index contributed by atoms with van der Waals surface area (Å²) in [7, 11) is 1.28. The Morgan fingerprint density at radius 1 is 0.978 bits per heavy atom. The van der Waals surface area contributed by atoms with Crippen molar-refractivity contribution in [1.82, 2.24) is 4.57 Å². The zero-order chi connectivity index (χ0) is 32.8. The van der Waals surface area contributed by atoms with Crippen LogP contribution < -0.4 is 33.8 Å². The fraction of sp³-hybridized carbons (Fsp3) is 0.265. The third-order valence-electron chi connectivity index (χ3n) is 6.97. The van der Waals surface area contributed by atoms with Gasteiger partial charge in [0.2, 0.25) is 0 Å². The highest BCUT2D eigenvalue weighted by Gasteiger charge is 2.31. The van der Waals surface area contributed by atoms with E-state index in [4.69, 9.17) is 23.7 Å². The number of hydrogen-bond donors (Lipinski definition) is 0. The van der Waals surface area contributed by atoms with Crippen LogP contribution in [0.2, 0.25) is 0 Å². The molecule has 1 aromatic heterocycles. The molecule has 0 bridgehead atoms. The van der Waals surface area contributed by atoms with E-state index in [1.54, 1.807) is 54.6 Å². The van der Waals surface area contributed by atoms with Crippen molar-refractivity contribution >= 4 is 39.3 Å². The van der Waals surface area contributed by atoms with Crippen LogP contribution in [0.4, 0.5) is 4.39 Å². The highest BCUT2D eigenvalue weighted by molar-refractivity contribution is 9.10. The second kappa shape index (κ2) is 14.8. The molecule has 2 heterocycles. The van der Waals surface area contributed by atoms with Gasteiger partial charge >= 0.3 is 5.97 Å². The van der Waals surface area contributed by atoms with Crippen LogP contribution in [0.1, 0.15) is 43.5 Å². The number of aromatic nitrogens is 1. The largest absolute Gasteiger partial charge is 0.490 e. The number of thiazole rings is 1. The van der Waals surface area contributed by atoms with Gasteiger partial charge in [-0.2, -0.15) is 0 Å². The second-order valence-corrected chi connectivity index (χ2v) is 11.8. The number of methoxy groups -OCH3 is 1. The Morgan fingerprint density at radius 3 is 2.41 bits per heavy atom. The maximum absolute atomic E-state index is 14.2. The van der Waals surface area contributed by atoms with Gasteiger partial charge in [0.1, 0.15) is 12.4 Å². The van der Waals surface area contributed by atoms with Crippen molar-refractivity contribution in [1.29, 1.82) is 0 Å². The third-order valence-corrected chi connectivity index (χ3v) is 8.55. The second-order valence-electron chi connectivity index (χ2n) is 9.89. The number of carbonyl (C=O) groups excluding carboxylic acids is 1. The molecule has 240 valence electrons. The SMILES string of the molecule is CCOc1ccc([C@@H]2C(C(=O)OC)=CN=c3s/c(=C\c4cc(Br)c(OCc5ccccc5F)c(OCC)c4)c(=O)n32)cc1OCC. The number of benzene rings is 3. The zero-order valence-corrected chi connectivity index (χ0v) is 28.1. The molecule has 9 nitrogen and oxygen atoms in total. The van der Waals surface area contributed by atoms with Crippen molar-refractivity contribution in [3.63, 3.8) is 0 Å². The summed E-state index contributed by atoms with van der Waals surface area (Å²) in [4.78, 5) is 31.8. The molecule has 0 spiro atoms. The lowest BCUT2D eigenvalue weighted by atomic mass is 9.97. The van der Waals surface area contributed by atoms with E-state index in [9.17, 15) is 14.0 Å². The van der Waals surface area contributed by atoms with Gasteiger partial charge in [0, 0.05) is 11.8 Å². The third kappa shape index (κ3) is 6.87. The number of rotatable bonds is 12. The lowest BCUT2D eigenvalue weighted by Crippen LogP contribution is -2.39. The number of fused-ring (bicyclic) bond motifs is 1. The van der Waals surface area contributed by atoms with E-state index in [1.165, 1.54) is 35.3 Å². The van der Waals surface area contributed by atoms with E-state index in [-0.39, 0.29) is 23.6 Å². The molecule has 4 aromatic rings. The number of nitrogens with zero attached hydrogens (tertiary/aromatic N) is 2. The molecule has 1 aliphatic heterocycles. The van der Waals surface area contributed by atoms with Crippen LogP contribution in [0.5, 0.6) is 23.0 Å². The fourth-order valence-electron chi connectivity index (χ4n) is 4.98. The predicted molar refractivity (Wildman–Crippen MR) is 176 cm³/mol. The first kappa shape index (κ1) is 33.0. The van der Waals surface area contributed by atoms with E-state index in [2.05, 4.69) is 20.9 Å². The van der Waals surface area contributed by atoms with Crippen LogP contribution >= 0.6 is 27.3 Å². The molecule has 0 amide bonds. The van der Waals surface area contributed by atoms with Gasteiger partial charge in [0.15, 0.2) is 27.8 Å². The van der Waals surface area contributed by atoms with E-state index in [0.29, 0.717) is 73.3 Å². The van der Waals surface area contributed by atoms with Gasteiger partial charge in [0.05, 0.1) is 47.6 Å². The van der Waals surface area contributed by atoms with E-state index in [0.717, 1.165) is 0 Å². The molecule has 0 saturated carbocycles. The highest BCUT2D eigenvalue weighted by atomic mass is 79.9. The average Bonchev–Trinajstić information content (AvgIpc) is 3.36. The Morgan fingerprint density at radius 2 is 1.70 bits per heavy atom. The van der Waals surface area contributed by atoms with E-state index in [1.807, 2.05) is 20.8 Å². The minimum absolute atomic E-state index is 0.00236. The maximum Gasteiger partial charge on any atom is 0.337 e. The molecule has 3 aromatic carbocycles. The quantitative estimate of drug-likeness (QED) is 0.174. The Balaban J connectivity index is 1.58. The lowest BCUT2D eigenvalue weighted by Gasteiger charge is -2.23. The van der Waals surface area contributed by atoms with E-state index < -0.39 is 12.0 Å². The van der Waals surface area contributed by atoms with Gasteiger partial charge in [-0.15, -0.1) is 0 Å². The van der Waals surface area contributed by atoms with Crippen LogP contribution in [-0.2, 0) is 16.1 Å². The summed E-state index contributed by atoms with van der Waals surface area (Å²) in [5.74, 6) is 0.919. The van der Waals surface area contributed by atoms with Crippen LogP contribution in [0.15, 0.2) is 80.6 Å². The summed E-state index contributed by atoms with van der Waals surface area (Å²) in [6, 6.07) is 14.4. The van der Waals surface area contributed by atoms with Gasteiger partial charge in [-0.3, -0.25) is 9.36 Å². The minimum Gasteiger partial charge on any atom is -0.490 e. The van der Waals surface area contributed by atoms with Crippen molar-refractivity contribution in [2.45, 2.75) is 33.4 Å². The van der Waals surface area contributed by atoms with E-state index >= 15 is 0 Å². The Hall–Kier alpha value is -4.42. The molecule has 46 heavy (non-hydrogen) atoms. The van der Waals surface area contributed by atoms with Crippen LogP contribution in [0, 0.1) is 5.82 Å². The zero-order valence-electron chi connectivity index (χ0n) is 25.7. The molecule has 0 aliphatic carbocycles. The van der Waals surface area contributed by atoms with Crippen molar-refractivity contribution in [2.24, 2.45) is 4.99 Å². The van der Waals surface area contributed by atoms with Crippen LogP contribution in [-0.4, -0.2) is 37.5 Å². The van der Waals surface area contributed by atoms with Gasteiger partial charge in [0.25, 0.3) is 5.56 Å². The standard InChI is InChI=1S/C34H32BrFN2O7S/c1-5-42-26-13-12-21(17-27(26)43-6-2)30-23(33(40)41-4)18-37-34-38(30)32(39)29(46-34)16-20-14-24(35)31(28(15-20)44-7-3)45-19-22-10-8-9-11-25(22)36/h8-18,30H,5-7,19H2,1-4H3/b29-16-/t30-/m1/s1. The molecule has 0 radical (unpaired) electrons. The molecule has 1 aliphatic rings. The molecular formula is C34H32BrFN2O7S. The Kier molecular flexibility index (Phi) is 10.6. The Labute approximate surface area is 277 Å². The summed E-state index contributed by atoms with van der Waals surface area (Å²) in [6.45, 7) is 6.79. The van der Waals surface area contributed by atoms with Gasteiger partial charge in [-0.25, -0.2) is 14.2 Å². The highest BCUT2D eigenvalue weighted by Crippen LogP contribution is 2.38. The van der Waals surface area contributed by atoms with Gasteiger partial charge < -0.3 is 23.7 Å². The van der Waals surface area contributed by atoms with Crippen molar-refractivity contribution in [3.05, 3.63) is 113 Å². The molecule has 5 rings (SSSR count). The smallest absolute Gasteiger partial charge is 0.337 e. The first-order chi connectivity index (χ1) is 22.3. The van der Waals surface area contributed by atoms with Crippen molar-refractivity contribution in [3.8, 4) is 23.0 Å². The molecule has 0 N–H and O–H groups in total. The van der Waals surface area contributed by atoms with Crippen molar-refractivity contribution in [2.75, 3.05) is 26.9 Å². The van der Waals surface area contributed by atoms with Crippen molar-refractivity contribution < 1.29 is 32.9 Å². The lowest BCUT2D eigenvalue weighted by molar-refractivity contribution is -0.136. The number of carbonyl (C=O) groups is 1. The summed E-state index contributed by atoms with van der Waals surface area (Å²) in [6.07, 6.45) is 3.16. The fourth-order valence-corrected chi connectivity index (χ4v) is 6.52. The molecule has 1 atom stereocenters. The topological polar surface area (TPSA) is 97.6 Å². The maximum atomic E-state index is 14.2. The number of ether oxygens (including phenoxy) is 5. The monoisotopic (exact) mass is 710 g/mol. The first-order valence-corrected chi connectivity index (χ1v) is 16.2. The number of esters is 1. The first-order valence-electron chi connectivity index (χ1n) is 14.6. The van der Waals surface area contributed by atoms with Gasteiger partial charge in [-0.05, 0) is 84.2 Å². The molecule has 0 fully saturated rings. The summed E-state index contributed by atoms with van der Waals surface area (Å²) >= 11 is 4.75. The van der Waals surface area contributed by atoms with Crippen LogP contribution in [0.3, 0.4) is 0 Å². The molecule has 0 saturated heterocycles. The number of halogens is 2. The van der Waals surface area contributed by atoms with Gasteiger partial charge in [-0.1, -0.05) is 35.6 Å². The summed E-state index contributed by atoms with van der Waals surface area (Å²) < 4.78 is 45.1. The molecule has 12 heteroatoms. The minimum atomic E-state index is -0.819. The predicted octanol–water partition coefficient (Wildman–Crippen LogP) is 5.69.